The Morgan fingerprint density at radius 2 is 1.72 bits per heavy atom. The second kappa shape index (κ2) is 4.67. The standard InChI is InChI=1S/C15H10ClNO/c16-14-8-9-17-15-10-12(6-7-13(14)15)18-11-4-2-1-3-5-11/h1-10H. The van der Waals surface area contributed by atoms with Gasteiger partial charge in [-0.1, -0.05) is 29.8 Å². The molecule has 3 heteroatoms. The van der Waals surface area contributed by atoms with Crippen molar-refractivity contribution in [3.63, 3.8) is 0 Å². The SMILES string of the molecule is Clc1ccnc2cc(Oc3ccccc3)ccc12. The molecule has 0 fully saturated rings. The Bertz CT molecular complexity index is 682. The Morgan fingerprint density at radius 1 is 0.889 bits per heavy atom. The summed E-state index contributed by atoms with van der Waals surface area (Å²) in [5, 5.41) is 1.63. The van der Waals surface area contributed by atoms with E-state index in [1.807, 2.05) is 48.5 Å². The smallest absolute Gasteiger partial charge is 0.129 e. The van der Waals surface area contributed by atoms with E-state index in [0.29, 0.717) is 5.02 Å². The van der Waals surface area contributed by atoms with Crippen LogP contribution in [-0.4, -0.2) is 4.98 Å². The first-order valence-electron chi connectivity index (χ1n) is 5.60. The van der Waals surface area contributed by atoms with Gasteiger partial charge < -0.3 is 4.74 Å². The van der Waals surface area contributed by atoms with Gasteiger partial charge in [0.2, 0.25) is 0 Å². The van der Waals surface area contributed by atoms with Crippen LogP contribution in [0.2, 0.25) is 5.02 Å². The minimum absolute atomic E-state index is 0.700. The van der Waals surface area contributed by atoms with Gasteiger partial charge in [0.1, 0.15) is 11.5 Å². The Kier molecular flexibility index (Phi) is 2.87. The van der Waals surface area contributed by atoms with Crippen molar-refractivity contribution in [1.29, 1.82) is 0 Å². The largest absolute Gasteiger partial charge is 0.457 e. The fraction of sp³-hybridized carbons (Fsp3) is 0. The van der Waals surface area contributed by atoms with E-state index in [1.165, 1.54) is 0 Å². The van der Waals surface area contributed by atoms with Crippen molar-refractivity contribution in [2.75, 3.05) is 0 Å². The van der Waals surface area contributed by atoms with E-state index in [2.05, 4.69) is 4.98 Å². The summed E-state index contributed by atoms with van der Waals surface area (Å²) in [4.78, 5) is 4.28. The summed E-state index contributed by atoms with van der Waals surface area (Å²) >= 11 is 6.09. The number of fused-ring (bicyclic) bond motifs is 1. The molecule has 0 radical (unpaired) electrons. The van der Waals surface area contributed by atoms with Crippen molar-refractivity contribution in [3.05, 3.63) is 65.8 Å². The quantitative estimate of drug-likeness (QED) is 0.663. The minimum Gasteiger partial charge on any atom is -0.457 e. The van der Waals surface area contributed by atoms with Crippen molar-refractivity contribution in [2.24, 2.45) is 0 Å². The number of para-hydroxylation sites is 1. The minimum atomic E-state index is 0.700. The van der Waals surface area contributed by atoms with Gasteiger partial charge in [0, 0.05) is 17.6 Å². The van der Waals surface area contributed by atoms with Crippen LogP contribution in [0.25, 0.3) is 10.9 Å². The zero-order chi connectivity index (χ0) is 12.4. The summed E-state index contributed by atoms with van der Waals surface area (Å²) in [6, 6.07) is 17.1. The molecule has 2 aromatic carbocycles. The summed E-state index contributed by atoms with van der Waals surface area (Å²) in [7, 11) is 0. The van der Waals surface area contributed by atoms with Gasteiger partial charge in [-0.15, -0.1) is 0 Å². The lowest BCUT2D eigenvalue weighted by Gasteiger charge is -2.06. The maximum Gasteiger partial charge on any atom is 0.129 e. The molecular formula is C15H10ClNO. The van der Waals surface area contributed by atoms with Gasteiger partial charge in [0.15, 0.2) is 0 Å². The molecule has 18 heavy (non-hydrogen) atoms. The molecular weight excluding hydrogens is 246 g/mol. The van der Waals surface area contributed by atoms with Crippen molar-refractivity contribution in [1.82, 2.24) is 4.98 Å². The lowest BCUT2D eigenvalue weighted by atomic mass is 10.2. The maximum absolute atomic E-state index is 6.09. The van der Waals surface area contributed by atoms with Crippen molar-refractivity contribution < 1.29 is 4.74 Å². The highest BCUT2D eigenvalue weighted by molar-refractivity contribution is 6.35. The third-order valence-electron chi connectivity index (χ3n) is 2.64. The molecule has 0 saturated carbocycles. The lowest BCUT2D eigenvalue weighted by Crippen LogP contribution is -1.85. The highest BCUT2D eigenvalue weighted by Gasteiger charge is 2.02. The Balaban J connectivity index is 1.99. The average Bonchev–Trinajstić information content (AvgIpc) is 2.40. The molecule has 0 unspecified atom stereocenters. The number of rotatable bonds is 2. The molecule has 3 aromatic rings. The predicted molar refractivity (Wildman–Crippen MR) is 73.3 cm³/mol. The van der Waals surface area contributed by atoms with Crippen LogP contribution in [0.3, 0.4) is 0 Å². The number of benzene rings is 2. The number of aromatic nitrogens is 1. The molecule has 0 spiro atoms. The molecule has 0 aliphatic carbocycles. The molecule has 1 aromatic heterocycles. The summed E-state index contributed by atoms with van der Waals surface area (Å²) in [5.41, 5.74) is 0.830. The lowest BCUT2D eigenvalue weighted by molar-refractivity contribution is 0.483. The highest BCUT2D eigenvalue weighted by atomic mass is 35.5. The molecule has 0 aliphatic heterocycles. The summed E-state index contributed by atoms with van der Waals surface area (Å²) in [5.74, 6) is 1.56. The van der Waals surface area contributed by atoms with Crippen LogP contribution in [-0.2, 0) is 0 Å². The average molecular weight is 256 g/mol. The summed E-state index contributed by atoms with van der Waals surface area (Å²) in [6.07, 6.45) is 1.69. The number of hydrogen-bond donors (Lipinski definition) is 0. The number of ether oxygens (including phenoxy) is 1. The van der Waals surface area contributed by atoms with Crippen molar-refractivity contribution in [3.8, 4) is 11.5 Å². The summed E-state index contributed by atoms with van der Waals surface area (Å²) in [6.45, 7) is 0. The van der Waals surface area contributed by atoms with Crippen LogP contribution < -0.4 is 4.74 Å². The highest BCUT2D eigenvalue weighted by Crippen LogP contribution is 2.27. The molecule has 0 N–H and O–H groups in total. The predicted octanol–water partition coefficient (Wildman–Crippen LogP) is 4.68. The van der Waals surface area contributed by atoms with Gasteiger partial charge in [-0.2, -0.15) is 0 Å². The Labute approximate surface area is 110 Å². The zero-order valence-corrected chi connectivity index (χ0v) is 10.3. The van der Waals surface area contributed by atoms with Crippen LogP contribution >= 0.6 is 11.6 Å². The third-order valence-corrected chi connectivity index (χ3v) is 2.97. The summed E-state index contributed by atoms with van der Waals surface area (Å²) < 4.78 is 5.74. The molecule has 2 nitrogen and oxygen atoms in total. The van der Waals surface area contributed by atoms with E-state index in [0.717, 1.165) is 22.4 Å². The first-order valence-corrected chi connectivity index (χ1v) is 5.98. The van der Waals surface area contributed by atoms with Crippen molar-refractivity contribution >= 4 is 22.5 Å². The van der Waals surface area contributed by atoms with Gasteiger partial charge in [-0.25, -0.2) is 0 Å². The Morgan fingerprint density at radius 3 is 2.56 bits per heavy atom. The zero-order valence-electron chi connectivity index (χ0n) is 9.51. The van der Waals surface area contributed by atoms with Gasteiger partial charge >= 0.3 is 0 Å². The first-order chi connectivity index (χ1) is 8.83. The van der Waals surface area contributed by atoms with Crippen LogP contribution in [0.1, 0.15) is 0 Å². The number of pyridine rings is 1. The van der Waals surface area contributed by atoms with E-state index in [-0.39, 0.29) is 0 Å². The molecule has 88 valence electrons. The Hall–Kier alpha value is -2.06. The number of nitrogens with zero attached hydrogens (tertiary/aromatic N) is 1. The fourth-order valence-corrected chi connectivity index (χ4v) is 2.00. The van der Waals surface area contributed by atoms with Gasteiger partial charge in [0.25, 0.3) is 0 Å². The topological polar surface area (TPSA) is 22.1 Å². The fourth-order valence-electron chi connectivity index (χ4n) is 1.78. The third kappa shape index (κ3) is 2.15. The molecule has 0 atom stereocenters. The second-order valence-corrected chi connectivity index (χ2v) is 4.29. The molecule has 0 amide bonds. The van der Waals surface area contributed by atoms with Crippen LogP contribution in [0.4, 0.5) is 0 Å². The van der Waals surface area contributed by atoms with E-state index in [4.69, 9.17) is 16.3 Å². The van der Waals surface area contributed by atoms with Gasteiger partial charge in [0.05, 0.1) is 10.5 Å². The van der Waals surface area contributed by atoms with E-state index < -0.39 is 0 Å². The second-order valence-electron chi connectivity index (χ2n) is 3.89. The van der Waals surface area contributed by atoms with E-state index in [9.17, 15) is 0 Å². The van der Waals surface area contributed by atoms with Crippen LogP contribution in [0.15, 0.2) is 60.8 Å². The number of halogens is 1. The van der Waals surface area contributed by atoms with Gasteiger partial charge in [-0.3, -0.25) is 4.98 Å². The number of hydrogen-bond acceptors (Lipinski definition) is 2. The van der Waals surface area contributed by atoms with Crippen molar-refractivity contribution in [2.45, 2.75) is 0 Å². The molecule has 0 saturated heterocycles. The molecule has 3 rings (SSSR count). The maximum atomic E-state index is 6.09. The first kappa shape index (κ1) is 11.1. The molecule has 0 bridgehead atoms. The van der Waals surface area contributed by atoms with E-state index >= 15 is 0 Å². The molecule has 1 heterocycles. The monoisotopic (exact) mass is 255 g/mol. The molecule has 0 aliphatic rings. The van der Waals surface area contributed by atoms with Crippen LogP contribution in [0, 0.1) is 0 Å². The van der Waals surface area contributed by atoms with Gasteiger partial charge in [-0.05, 0) is 30.3 Å². The van der Waals surface area contributed by atoms with E-state index in [1.54, 1.807) is 12.3 Å². The van der Waals surface area contributed by atoms with Crippen LogP contribution in [0.5, 0.6) is 11.5 Å². The normalized spacial score (nSPS) is 10.5.